The number of nitrogens with zero attached hydrogens (tertiary/aromatic N) is 1. The van der Waals surface area contributed by atoms with E-state index in [0.717, 1.165) is 35.2 Å². The highest BCUT2D eigenvalue weighted by Crippen LogP contribution is 2.29. The highest BCUT2D eigenvalue weighted by Gasteiger charge is 2.13. The Hall–Kier alpha value is -0.540. The summed E-state index contributed by atoms with van der Waals surface area (Å²) in [4.78, 5) is 2.30. The van der Waals surface area contributed by atoms with Crippen LogP contribution in [0.15, 0.2) is 22.7 Å². The third kappa shape index (κ3) is 3.22. The zero-order chi connectivity index (χ0) is 12.1. The van der Waals surface area contributed by atoms with Crippen LogP contribution in [0.3, 0.4) is 0 Å². The minimum Gasteiger partial charge on any atom is -0.389 e. The first kappa shape index (κ1) is 13.5. The van der Waals surface area contributed by atoms with E-state index < -0.39 is 6.10 Å². The van der Waals surface area contributed by atoms with Crippen LogP contribution in [0, 0.1) is 0 Å². The molecule has 1 aromatic carbocycles. The molecule has 1 aromatic rings. The molecule has 0 aromatic heterocycles. The summed E-state index contributed by atoms with van der Waals surface area (Å²) in [6.45, 7) is 8.12. The highest BCUT2D eigenvalue weighted by molar-refractivity contribution is 9.10. The number of rotatable bonds is 5. The predicted octanol–water partition coefficient (Wildman–Crippen LogP) is 3.74. The van der Waals surface area contributed by atoms with Gasteiger partial charge in [-0.25, -0.2) is 0 Å². The maximum atomic E-state index is 9.79. The summed E-state index contributed by atoms with van der Waals surface area (Å²) in [5.41, 5.74) is 2.13. The maximum absolute atomic E-state index is 9.79. The Bertz CT molecular complexity index is 339. The van der Waals surface area contributed by atoms with Crippen LogP contribution in [0.25, 0.3) is 0 Å². The molecule has 0 bridgehead atoms. The van der Waals surface area contributed by atoms with Gasteiger partial charge in [-0.2, -0.15) is 0 Å². The average molecular weight is 286 g/mol. The molecule has 0 saturated heterocycles. The van der Waals surface area contributed by atoms with Crippen LogP contribution in [-0.4, -0.2) is 18.2 Å². The molecular weight excluding hydrogens is 266 g/mol. The monoisotopic (exact) mass is 285 g/mol. The third-order valence-corrected chi connectivity index (χ3v) is 3.15. The Kier molecular flexibility index (Phi) is 5.29. The molecule has 1 unspecified atom stereocenters. The van der Waals surface area contributed by atoms with Crippen molar-refractivity contribution in [3.63, 3.8) is 0 Å². The molecule has 0 spiro atoms. The Morgan fingerprint density at radius 2 is 2.06 bits per heavy atom. The first-order valence-corrected chi connectivity index (χ1v) is 6.61. The fraction of sp³-hybridized carbons (Fsp3) is 0.538. The van der Waals surface area contributed by atoms with E-state index in [1.807, 2.05) is 19.1 Å². The molecule has 1 atom stereocenters. The summed E-state index contributed by atoms with van der Waals surface area (Å²) in [5.74, 6) is 0. The van der Waals surface area contributed by atoms with Gasteiger partial charge in [-0.15, -0.1) is 0 Å². The van der Waals surface area contributed by atoms with Gasteiger partial charge in [0.1, 0.15) is 0 Å². The summed E-state index contributed by atoms with van der Waals surface area (Å²) in [5, 5.41) is 9.79. The molecule has 0 saturated carbocycles. The van der Waals surface area contributed by atoms with E-state index in [1.165, 1.54) is 0 Å². The van der Waals surface area contributed by atoms with Crippen molar-refractivity contribution in [2.24, 2.45) is 0 Å². The topological polar surface area (TPSA) is 23.5 Å². The van der Waals surface area contributed by atoms with Gasteiger partial charge in [0.25, 0.3) is 0 Å². The van der Waals surface area contributed by atoms with Gasteiger partial charge in [0.2, 0.25) is 0 Å². The van der Waals surface area contributed by atoms with Crippen molar-refractivity contribution in [1.82, 2.24) is 0 Å². The van der Waals surface area contributed by atoms with Crippen LogP contribution >= 0.6 is 15.9 Å². The van der Waals surface area contributed by atoms with E-state index in [1.54, 1.807) is 0 Å². The fourth-order valence-corrected chi connectivity index (χ4v) is 2.25. The second-order valence-corrected chi connectivity index (χ2v) is 4.87. The van der Waals surface area contributed by atoms with Crippen molar-refractivity contribution in [3.05, 3.63) is 28.2 Å². The van der Waals surface area contributed by atoms with Crippen molar-refractivity contribution < 1.29 is 5.11 Å². The van der Waals surface area contributed by atoms with Gasteiger partial charge in [-0.05, 0) is 38.5 Å². The Morgan fingerprint density at radius 3 is 2.56 bits per heavy atom. The van der Waals surface area contributed by atoms with Crippen LogP contribution in [0.1, 0.15) is 38.9 Å². The van der Waals surface area contributed by atoms with Gasteiger partial charge in [-0.1, -0.05) is 22.9 Å². The lowest BCUT2D eigenvalue weighted by Gasteiger charge is -2.26. The molecular formula is C13H20BrNO. The standard InChI is InChI=1S/C13H20BrNO/c1-4-8-15(5-2)13-7-6-11(14)9-12(13)10(3)16/h6-7,9-10,16H,4-5,8H2,1-3H3. The quantitative estimate of drug-likeness (QED) is 0.891. The Balaban J connectivity index is 3.09. The summed E-state index contributed by atoms with van der Waals surface area (Å²) in [6.07, 6.45) is 0.682. The molecule has 0 aliphatic rings. The van der Waals surface area contributed by atoms with E-state index in [2.05, 4.69) is 40.7 Å². The lowest BCUT2D eigenvalue weighted by molar-refractivity contribution is 0.199. The molecule has 0 aliphatic heterocycles. The van der Waals surface area contributed by atoms with E-state index in [0.29, 0.717) is 0 Å². The molecule has 90 valence electrons. The van der Waals surface area contributed by atoms with Crippen molar-refractivity contribution in [1.29, 1.82) is 0 Å². The molecule has 0 amide bonds. The first-order chi connectivity index (χ1) is 7.60. The lowest BCUT2D eigenvalue weighted by atomic mass is 10.1. The Labute approximate surface area is 106 Å². The smallest absolute Gasteiger partial charge is 0.0782 e. The molecule has 1 N–H and O–H groups in total. The van der Waals surface area contributed by atoms with Crippen molar-refractivity contribution in [2.75, 3.05) is 18.0 Å². The SMILES string of the molecule is CCCN(CC)c1ccc(Br)cc1C(C)O. The number of benzene rings is 1. The van der Waals surface area contributed by atoms with Crippen LogP contribution in [0.5, 0.6) is 0 Å². The zero-order valence-electron chi connectivity index (χ0n) is 10.2. The number of hydrogen-bond acceptors (Lipinski definition) is 2. The molecule has 2 nitrogen and oxygen atoms in total. The molecule has 3 heteroatoms. The van der Waals surface area contributed by atoms with Crippen molar-refractivity contribution >= 4 is 21.6 Å². The second kappa shape index (κ2) is 6.26. The third-order valence-electron chi connectivity index (χ3n) is 2.66. The summed E-state index contributed by atoms with van der Waals surface area (Å²) in [6, 6.07) is 6.10. The number of aliphatic hydroxyl groups is 1. The van der Waals surface area contributed by atoms with Crippen molar-refractivity contribution in [3.8, 4) is 0 Å². The fourth-order valence-electron chi connectivity index (χ4n) is 1.87. The maximum Gasteiger partial charge on any atom is 0.0782 e. The average Bonchev–Trinajstić information content (AvgIpc) is 2.26. The minimum absolute atomic E-state index is 0.432. The van der Waals surface area contributed by atoms with E-state index in [9.17, 15) is 5.11 Å². The first-order valence-electron chi connectivity index (χ1n) is 5.82. The van der Waals surface area contributed by atoms with Crippen molar-refractivity contribution in [2.45, 2.75) is 33.3 Å². The Morgan fingerprint density at radius 1 is 1.38 bits per heavy atom. The normalized spacial score (nSPS) is 12.6. The minimum atomic E-state index is -0.432. The zero-order valence-corrected chi connectivity index (χ0v) is 11.8. The summed E-state index contributed by atoms with van der Waals surface area (Å²) >= 11 is 3.45. The van der Waals surface area contributed by atoms with E-state index in [4.69, 9.17) is 0 Å². The van der Waals surface area contributed by atoms with Crippen LogP contribution in [0.4, 0.5) is 5.69 Å². The van der Waals surface area contributed by atoms with Crippen LogP contribution < -0.4 is 4.90 Å². The second-order valence-electron chi connectivity index (χ2n) is 3.96. The highest BCUT2D eigenvalue weighted by atomic mass is 79.9. The van der Waals surface area contributed by atoms with Gasteiger partial charge in [0.15, 0.2) is 0 Å². The predicted molar refractivity (Wildman–Crippen MR) is 73.0 cm³/mol. The molecule has 0 radical (unpaired) electrons. The van der Waals surface area contributed by atoms with Gasteiger partial charge >= 0.3 is 0 Å². The molecule has 16 heavy (non-hydrogen) atoms. The van der Waals surface area contributed by atoms with Gasteiger partial charge in [-0.3, -0.25) is 0 Å². The summed E-state index contributed by atoms with van der Waals surface area (Å²) < 4.78 is 1.01. The lowest BCUT2D eigenvalue weighted by Crippen LogP contribution is -2.25. The number of hydrogen-bond donors (Lipinski definition) is 1. The molecule has 0 heterocycles. The molecule has 0 aliphatic carbocycles. The van der Waals surface area contributed by atoms with Crippen LogP contribution in [-0.2, 0) is 0 Å². The van der Waals surface area contributed by atoms with E-state index in [-0.39, 0.29) is 0 Å². The van der Waals surface area contributed by atoms with Gasteiger partial charge in [0.05, 0.1) is 6.10 Å². The number of aliphatic hydroxyl groups excluding tert-OH is 1. The molecule has 1 rings (SSSR count). The number of halogens is 1. The van der Waals surface area contributed by atoms with Gasteiger partial charge in [0, 0.05) is 28.8 Å². The number of anilines is 1. The van der Waals surface area contributed by atoms with Gasteiger partial charge < -0.3 is 10.0 Å². The van der Waals surface area contributed by atoms with E-state index >= 15 is 0 Å². The largest absolute Gasteiger partial charge is 0.389 e. The molecule has 0 fully saturated rings. The summed E-state index contributed by atoms with van der Waals surface area (Å²) in [7, 11) is 0. The van der Waals surface area contributed by atoms with Crippen LogP contribution in [0.2, 0.25) is 0 Å².